The van der Waals surface area contributed by atoms with E-state index in [0.717, 1.165) is 12.3 Å². The van der Waals surface area contributed by atoms with Gasteiger partial charge in [-0.25, -0.2) is 0 Å². The molecule has 0 spiro atoms. The van der Waals surface area contributed by atoms with Gasteiger partial charge in [-0.05, 0) is 48.1 Å². The average Bonchev–Trinajstić information content (AvgIpc) is 2.27. The van der Waals surface area contributed by atoms with E-state index < -0.39 is 0 Å². The molecule has 86 valence electrons. The second kappa shape index (κ2) is 4.45. The molecule has 16 heavy (non-hydrogen) atoms. The molecule has 1 aromatic rings. The Kier molecular flexibility index (Phi) is 3.18. The van der Waals surface area contributed by atoms with Gasteiger partial charge in [-0.2, -0.15) is 0 Å². The number of rotatable bonds is 4. The minimum Gasteiger partial charge on any atom is -0.103 e. The Balaban J connectivity index is 1.97. The van der Waals surface area contributed by atoms with E-state index in [2.05, 4.69) is 44.7 Å². The maximum Gasteiger partial charge on any atom is -0.0100 e. The van der Waals surface area contributed by atoms with Gasteiger partial charge in [-0.1, -0.05) is 44.2 Å². The summed E-state index contributed by atoms with van der Waals surface area (Å²) in [4.78, 5) is 0. The first-order valence-electron chi connectivity index (χ1n) is 6.30. The highest BCUT2D eigenvalue weighted by Crippen LogP contribution is 2.47. The molecule has 0 aliphatic heterocycles. The van der Waals surface area contributed by atoms with Gasteiger partial charge in [0.2, 0.25) is 0 Å². The molecule has 0 aromatic heterocycles. The third-order valence-corrected chi connectivity index (χ3v) is 4.13. The van der Waals surface area contributed by atoms with Crippen LogP contribution in [-0.2, 0) is 12.8 Å². The van der Waals surface area contributed by atoms with Crippen LogP contribution in [0, 0.1) is 11.3 Å². The summed E-state index contributed by atoms with van der Waals surface area (Å²) in [6, 6.07) is 9.05. The van der Waals surface area contributed by atoms with E-state index in [4.69, 9.17) is 0 Å². The Hall–Kier alpha value is -1.04. The van der Waals surface area contributed by atoms with E-state index in [9.17, 15) is 0 Å². The van der Waals surface area contributed by atoms with Crippen LogP contribution in [0.5, 0.6) is 0 Å². The van der Waals surface area contributed by atoms with Crippen molar-refractivity contribution in [2.24, 2.45) is 11.3 Å². The van der Waals surface area contributed by atoms with Crippen LogP contribution in [0.1, 0.15) is 37.8 Å². The monoisotopic (exact) mass is 214 g/mol. The molecule has 2 rings (SSSR count). The fourth-order valence-electron chi connectivity index (χ4n) is 2.57. The number of benzene rings is 1. The van der Waals surface area contributed by atoms with Gasteiger partial charge in [0.1, 0.15) is 0 Å². The van der Waals surface area contributed by atoms with Crippen molar-refractivity contribution in [3.05, 3.63) is 48.0 Å². The first kappa shape index (κ1) is 11.4. The Labute approximate surface area is 99.4 Å². The highest BCUT2D eigenvalue weighted by Gasteiger charge is 2.37. The quantitative estimate of drug-likeness (QED) is 0.652. The molecule has 0 radical (unpaired) electrons. The summed E-state index contributed by atoms with van der Waals surface area (Å²) < 4.78 is 0. The lowest BCUT2D eigenvalue weighted by molar-refractivity contribution is 0.0727. The molecule has 0 amide bonds. The molecule has 0 N–H and O–H groups in total. The molecular formula is C16H22. The Morgan fingerprint density at radius 2 is 1.88 bits per heavy atom. The average molecular weight is 214 g/mol. The van der Waals surface area contributed by atoms with E-state index in [0.29, 0.717) is 5.41 Å². The lowest BCUT2D eigenvalue weighted by atomic mass is 9.61. The van der Waals surface area contributed by atoms with Crippen molar-refractivity contribution >= 4 is 0 Å². The molecule has 0 bridgehead atoms. The Morgan fingerprint density at radius 1 is 1.25 bits per heavy atom. The van der Waals surface area contributed by atoms with Crippen LogP contribution in [0.4, 0.5) is 0 Å². The van der Waals surface area contributed by atoms with Crippen LogP contribution in [-0.4, -0.2) is 0 Å². The summed E-state index contributed by atoms with van der Waals surface area (Å²) in [5, 5.41) is 0. The molecule has 1 atom stereocenters. The molecule has 0 nitrogen and oxygen atoms in total. The molecule has 1 aliphatic carbocycles. The maximum atomic E-state index is 3.77. The van der Waals surface area contributed by atoms with Crippen molar-refractivity contribution in [3.63, 3.8) is 0 Å². The van der Waals surface area contributed by atoms with Crippen molar-refractivity contribution < 1.29 is 0 Å². The fourth-order valence-corrected chi connectivity index (χ4v) is 2.57. The van der Waals surface area contributed by atoms with Crippen molar-refractivity contribution in [2.75, 3.05) is 0 Å². The Bertz CT molecular complexity index is 356. The van der Waals surface area contributed by atoms with Crippen molar-refractivity contribution in [1.29, 1.82) is 0 Å². The van der Waals surface area contributed by atoms with Gasteiger partial charge in [0.05, 0.1) is 0 Å². The molecule has 1 fully saturated rings. The van der Waals surface area contributed by atoms with E-state index in [-0.39, 0.29) is 0 Å². The van der Waals surface area contributed by atoms with Gasteiger partial charge in [0.15, 0.2) is 0 Å². The second-order valence-corrected chi connectivity index (χ2v) is 5.74. The van der Waals surface area contributed by atoms with Crippen LogP contribution in [0.2, 0.25) is 0 Å². The first-order valence-corrected chi connectivity index (χ1v) is 6.30. The highest BCUT2D eigenvalue weighted by atomic mass is 14.4. The van der Waals surface area contributed by atoms with Gasteiger partial charge >= 0.3 is 0 Å². The van der Waals surface area contributed by atoms with Crippen molar-refractivity contribution in [2.45, 2.75) is 39.5 Å². The highest BCUT2D eigenvalue weighted by molar-refractivity contribution is 5.24. The van der Waals surface area contributed by atoms with Crippen LogP contribution in [0.3, 0.4) is 0 Å². The van der Waals surface area contributed by atoms with Crippen LogP contribution in [0.15, 0.2) is 36.9 Å². The first-order chi connectivity index (χ1) is 7.62. The molecular weight excluding hydrogens is 192 g/mol. The van der Waals surface area contributed by atoms with Gasteiger partial charge in [-0.15, -0.1) is 6.58 Å². The molecule has 0 heteroatoms. The Morgan fingerprint density at radius 3 is 2.31 bits per heavy atom. The number of allylic oxidation sites excluding steroid dienone is 1. The zero-order valence-corrected chi connectivity index (χ0v) is 10.5. The van der Waals surface area contributed by atoms with E-state index >= 15 is 0 Å². The zero-order valence-electron chi connectivity index (χ0n) is 10.5. The third-order valence-electron chi connectivity index (χ3n) is 4.13. The predicted molar refractivity (Wildman–Crippen MR) is 70.6 cm³/mol. The predicted octanol–water partition coefficient (Wildman–Crippen LogP) is 4.39. The summed E-state index contributed by atoms with van der Waals surface area (Å²) in [6.07, 6.45) is 6.99. The maximum absolute atomic E-state index is 3.77. The van der Waals surface area contributed by atoms with E-state index in [1.54, 1.807) is 0 Å². The summed E-state index contributed by atoms with van der Waals surface area (Å²) in [7, 11) is 0. The SMILES string of the molecule is C=CCc1ccc(CC2CCC2(C)C)cc1. The standard InChI is InChI=1S/C16H22/c1-4-5-13-6-8-14(9-7-13)12-15-10-11-16(15,2)3/h4,6-9,15H,1,5,10-12H2,2-3H3. The van der Waals surface area contributed by atoms with Crippen molar-refractivity contribution in [3.8, 4) is 0 Å². The smallest absolute Gasteiger partial charge is 0.0100 e. The van der Waals surface area contributed by atoms with Crippen LogP contribution >= 0.6 is 0 Å². The molecule has 1 unspecified atom stereocenters. The number of hydrogen-bond acceptors (Lipinski definition) is 0. The normalized spacial score (nSPS) is 22.5. The van der Waals surface area contributed by atoms with Crippen molar-refractivity contribution in [1.82, 2.24) is 0 Å². The van der Waals surface area contributed by atoms with Gasteiger partial charge < -0.3 is 0 Å². The molecule has 0 saturated heterocycles. The van der Waals surface area contributed by atoms with Gasteiger partial charge in [0, 0.05) is 0 Å². The summed E-state index contributed by atoms with van der Waals surface area (Å²) in [5.41, 5.74) is 3.43. The van der Waals surface area contributed by atoms with Crippen LogP contribution < -0.4 is 0 Å². The summed E-state index contributed by atoms with van der Waals surface area (Å²) >= 11 is 0. The lowest BCUT2D eigenvalue weighted by Gasteiger charge is -2.45. The zero-order chi connectivity index (χ0) is 11.6. The fraction of sp³-hybridized carbons (Fsp3) is 0.500. The third kappa shape index (κ3) is 2.37. The van der Waals surface area contributed by atoms with Gasteiger partial charge in [0.25, 0.3) is 0 Å². The summed E-state index contributed by atoms with van der Waals surface area (Å²) in [6.45, 7) is 8.56. The molecule has 1 saturated carbocycles. The lowest BCUT2D eigenvalue weighted by Crippen LogP contribution is -2.35. The van der Waals surface area contributed by atoms with E-state index in [1.807, 2.05) is 6.08 Å². The minimum atomic E-state index is 0.569. The molecule has 1 aliphatic rings. The van der Waals surface area contributed by atoms with E-state index in [1.165, 1.54) is 30.4 Å². The second-order valence-electron chi connectivity index (χ2n) is 5.74. The largest absolute Gasteiger partial charge is 0.103 e. The van der Waals surface area contributed by atoms with Crippen LogP contribution in [0.25, 0.3) is 0 Å². The summed E-state index contributed by atoms with van der Waals surface area (Å²) in [5.74, 6) is 0.887. The molecule has 0 heterocycles. The number of hydrogen-bond donors (Lipinski definition) is 0. The van der Waals surface area contributed by atoms with Gasteiger partial charge in [-0.3, -0.25) is 0 Å². The molecule has 1 aromatic carbocycles. The minimum absolute atomic E-state index is 0.569. The topological polar surface area (TPSA) is 0 Å².